The lowest BCUT2D eigenvalue weighted by Gasteiger charge is -2.29. The molecule has 0 aromatic carbocycles. The van der Waals surface area contributed by atoms with Crippen LogP contribution >= 0.6 is 0 Å². The first-order valence-corrected chi connectivity index (χ1v) is 6.26. The average molecular weight is 227 g/mol. The minimum atomic E-state index is -0.266. The van der Waals surface area contributed by atoms with Gasteiger partial charge in [0.1, 0.15) is 6.10 Å². The molecule has 0 aromatic rings. The summed E-state index contributed by atoms with van der Waals surface area (Å²) in [5.41, 5.74) is -0.266. The zero-order chi connectivity index (χ0) is 11.4. The van der Waals surface area contributed by atoms with E-state index in [9.17, 15) is 4.79 Å². The average Bonchev–Trinajstić information content (AvgIpc) is 2.80. The minimum Gasteiger partial charge on any atom is -0.462 e. The van der Waals surface area contributed by atoms with E-state index in [1.54, 1.807) is 0 Å². The largest absolute Gasteiger partial charge is 0.462 e. The quantitative estimate of drug-likeness (QED) is 0.733. The molecule has 2 fully saturated rings. The number of nitrogens with one attached hydrogen (secondary N) is 1. The third-order valence-corrected chi connectivity index (χ3v) is 3.80. The summed E-state index contributed by atoms with van der Waals surface area (Å²) in [7, 11) is 0. The fraction of sp³-hybridized carbons (Fsp3) is 0.917. The number of hydrogen-bond donors (Lipinski definition) is 1. The Balaban J connectivity index is 1.90. The molecule has 0 amide bonds. The van der Waals surface area contributed by atoms with Crippen molar-refractivity contribution in [3.8, 4) is 0 Å². The topological polar surface area (TPSA) is 47.6 Å². The molecule has 1 N–H and O–H groups in total. The van der Waals surface area contributed by atoms with Gasteiger partial charge in [0.25, 0.3) is 0 Å². The highest BCUT2D eigenvalue weighted by molar-refractivity contribution is 5.77. The van der Waals surface area contributed by atoms with E-state index in [0.29, 0.717) is 0 Å². The summed E-state index contributed by atoms with van der Waals surface area (Å²) in [6.07, 6.45) is 3.54. The second kappa shape index (κ2) is 5.15. The maximum atomic E-state index is 12.2. The Hall–Kier alpha value is -0.610. The van der Waals surface area contributed by atoms with Gasteiger partial charge in [-0.25, -0.2) is 0 Å². The van der Waals surface area contributed by atoms with Crippen molar-refractivity contribution < 1.29 is 14.3 Å². The molecule has 0 bridgehead atoms. The van der Waals surface area contributed by atoms with Crippen LogP contribution in [-0.4, -0.2) is 38.4 Å². The fourth-order valence-electron chi connectivity index (χ4n) is 2.43. The van der Waals surface area contributed by atoms with Crippen molar-refractivity contribution in [1.82, 2.24) is 5.32 Å². The Morgan fingerprint density at radius 2 is 2.25 bits per heavy atom. The molecule has 0 aliphatic carbocycles. The molecule has 1 atom stereocenters. The summed E-state index contributed by atoms with van der Waals surface area (Å²) >= 11 is 0. The standard InChI is InChI=1S/C12H21NO3/c1-2-12(5-6-13-9-12)11(14)16-10-3-7-15-8-4-10/h10,13H,2-9H2,1H3. The molecule has 0 saturated carbocycles. The van der Waals surface area contributed by atoms with E-state index in [-0.39, 0.29) is 17.5 Å². The first-order valence-electron chi connectivity index (χ1n) is 6.26. The summed E-state index contributed by atoms with van der Waals surface area (Å²) in [6, 6.07) is 0. The Morgan fingerprint density at radius 1 is 1.50 bits per heavy atom. The molecule has 0 radical (unpaired) electrons. The highest BCUT2D eigenvalue weighted by Gasteiger charge is 2.42. The third kappa shape index (κ3) is 2.38. The predicted molar refractivity (Wildman–Crippen MR) is 60.1 cm³/mol. The fourth-order valence-corrected chi connectivity index (χ4v) is 2.43. The monoisotopic (exact) mass is 227 g/mol. The summed E-state index contributed by atoms with van der Waals surface area (Å²) in [6.45, 7) is 5.20. The molecule has 4 nitrogen and oxygen atoms in total. The van der Waals surface area contributed by atoms with Crippen LogP contribution in [0, 0.1) is 5.41 Å². The predicted octanol–water partition coefficient (Wildman–Crippen LogP) is 1.10. The van der Waals surface area contributed by atoms with Crippen molar-refractivity contribution >= 4 is 5.97 Å². The molecular weight excluding hydrogens is 206 g/mol. The van der Waals surface area contributed by atoms with Crippen LogP contribution in [0.5, 0.6) is 0 Å². The second-order valence-electron chi connectivity index (χ2n) is 4.78. The van der Waals surface area contributed by atoms with Gasteiger partial charge in [-0.15, -0.1) is 0 Å². The highest BCUT2D eigenvalue weighted by atomic mass is 16.6. The first-order chi connectivity index (χ1) is 7.77. The third-order valence-electron chi connectivity index (χ3n) is 3.80. The van der Waals surface area contributed by atoms with Crippen molar-refractivity contribution in [2.45, 2.75) is 38.7 Å². The van der Waals surface area contributed by atoms with Gasteiger partial charge in [-0.2, -0.15) is 0 Å². The Labute approximate surface area is 96.7 Å². The molecule has 0 spiro atoms. The maximum absolute atomic E-state index is 12.2. The number of hydrogen-bond acceptors (Lipinski definition) is 4. The van der Waals surface area contributed by atoms with Crippen LogP contribution in [-0.2, 0) is 14.3 Å². The zero-order valence-corrected chi connectivity index (χ0v) is 9.96. The summed E-state index contributed by atoms with van der Waals surface area (Å²) in [4.78, 5) is 12.2. The second-order valence-corrected chi connectivity index (χ2v) is 4.78. The van der Waals surface area contributed by atoms with Crippen molar-refractivity contribution in [3.05, 3.63) is 0 Å². The molecular formula is C12H21NO3. The zero-order valence-electron chi connectivity index (χ0n) is 9.96. The Morgan fingerprint density at radius 3 is 2.81 bits per heavy atom. The summed E-state index contributed by atoms with van der Waals surface area (Å²) < 4.78 is 10.9. The van der Waals surface area contributed by atoms with E-state index in [1.165, 1.54) is 0 Å². The number of carbonyl (C=O) groups excluding carboxylic acids is 1. The van der Waals surface area contributed by atoms with Crippen LogP contribution in [0.25, 0.3) is 0 Å². The number of ether oxygens (including phenoxy) is 2. The van der Waals surface area contributed by atoms with Gasteiger partial charge in [0.05, 0.1) is 18.6 Å². The molecule has 2 aliphatic rings. The van der Waals surface area contributed by atoms with Gasteiger partial charge in [-0.05, 0) is 19.4 Å². The molecule has 0 aromatic heterocycles. The van der Waals surface area contributed by atoms with Crippen LogP contribution in [0.2, 0.25) is 0 Å². The molecule has 16 heavy (non-hydrogen) atoms. The van der Waals surface area contributed by atoms with Crippen molar-refractivity contribution in [3.63, 3.8) is 0 Å². The lowest BCUT2D eigenvalue weighted by molar-refractivity contribution is -0.164. The number of rotatable bonds is 3. The number of carbonyl (C=O) groups is 1. The molecule has 4 heteroatoms. The lowest BCUT2D eigenvalue weighted by Crippen LogP contribution is -2.38. The maximum Gasteiger partial charge on any atom is 0.313 e. The molecule has 2 heterocycles. The Bertz CT molecular complexity index is 243. The number of esters is 1. The SMILES string of the molecule is CCC1(C(=O)OC2CCOCC2)CCNC1. The normalized spacial score (nSPS) is 31.6. The smallest absolute Gasteiger partial charge is 0.313 e. The van der Waals surface area contributed by atoms with Gasteiger partial charge in [-0.3, -0.25) is 4.79 Å². The van der Waals surface area contributed by atoms with Gasteiger partial charge in [-0.1, -0.05) is 6.92 Å². The van der Waals surface area contributed by atoms with Crippen LogP contribution in [0.3, 0.4) is 0 Å². The van der Waals surface area contributed by atoms with E-state index in [4.69, 9.17) is 9.47 Å². The van der Waals surface area contributed by atoms with Crippen LogP contribution in [0.1, 0.15) is 32.6 Å². The minimum absolute atomic E-state index is 0.00750. The molecule has 2 aliphatic heterocycles. The van der Waals surface area contributed by atoms with Crippen molar-refractivity contribution in [2.75, 3.05) is 26.3 Å². The van der Waals surface area contributed by atoms with Crippen LogP contribution < -0.4 is 5.32 Å². The van der Waals surface area contributed by atoms with Gasteiger partial charge in [0, 0.05) is 19.4 Å². The molecule has 92 valence electrons. The van der Waals surface area contributed by atoms with Gasteiger partial charge in [0.2, 0.25) is 0 Å². The van der Waals surface area contributed by atoms with Gasteiger partial charge in [0.15, 0.2) is 0 Å². The van der Waals surface area contributed by atoms with Crippen molar-refractivity contribution in [2.24, 2.45) is 5.41 Å². The molecule has 2 saturated heterocycles. The van der Waals surface area contributed by atoms with Gasteiger partial charge < -0.3 is 14.8 Å². The van der Waals surface area contributed by atoms with E-state index in [1.807, 2.05) is 0 Å². The first kappa shape index (κ1) is 11.9. The molecule has 2 rings (SSSR count). The van der Waals surface area contributed by atoms with Crippen LogP contribution in [0.4, 0.5) is 0 Å². The Kier molecular flexibility index (Phi) is 3.82. The van der Waals surface area contributed by atoms with Crippen LogP contribution in [0.15, 0.2) is 0 Å². The van der Waals surface area contributed by atoms with Crippen molar-refractivity contribution in [1.29, 1.82) is 0 Å². The van der Waals surface area contributed by atoms with E-state index in [2.05, 4.69) is 12.2 Å². The summed E-state index contributed by atoms with van der Waals surface area (Å²) in [5, 5.41) is 3.26. The molecule has 1 unspecified atom stereocenters. The lowest BCUT2D eigenvalue weighted by atomic mass is 9.84. The van der Waals surface area contributed by atoms with E-state index in [0.717, 1.165) is 52.0 Å². The van der Waals surface area contributed by atoms with Gasteiger partial charge >= 0.3 is 5.97 Å². The van der Waals surface area contributed by atoms with E-state index < -0.39 is 0 Å². The highest BCUT2D eigenvalue weighted by Crippen LogP contribution is 2.32. The summed E-state index contributed by atoms with van der Waals surface area (Å²) in [5.74, 6) is -0.00750. The van der Waals surface area contributed by atoms with E-state index >= 15 is 0 Å².